The molecule has 0 aliphatic carbocycles. The standard InChI is InChI=1S/C16H14F4N4O2/c1-9-3-4-10(7-11(9)17)13-22-12(26-23-13)8-15(25,16(18,19)20)14-21-5-6-24(14)2/h3-7,25H,8H2,1-2H3. The molecule has 2 heterocycles. The molecule has 0 spiro atoms. The van der Waals surface area contributed by atoms with Crippen LogP contribution in [-0.4, -0.2) is 31.0 Å². The van der Waals surface area contributed by atoms with Crippen molar-refractivity contribution in [2.75, 3.05) is 0 Å². The third kappa shape index (κ3) is 3.07. The van der Waals surface area contributed by atoms with Gasteiger partial charge in [0.1, 0.15) is 5.82 Å². The van der Waals surface area contributed by atoms with E-state index in [0.717, 1.165) is 16.8 Å². The highest BCUT2D eigenvalue weighted by atomic mass is 19.4. The Morgan fingerprint density at radius 1 is 1.27 bits per heavy atom. The second kappa shape index (κ2) is 6.20. The average Bonchev–Trinajstić information content (AvgIpc) is 3.18. The van der Waals surface area contributed by atoms with Crippen molar-refractivity contribution in [3.8, 4) is 11.4 Å². The van der Waals surface area contributed by atoms with Gasteiger partial charge in [-0.1, -0.05) is 17.3 Å². The first-order valence-electron chi connectivity index (χ1n) is 7.48. The minimum atomic E-state index is -5.03. The Labute approximate surface area is 145 Å². The zero-order valence-electron chi connectivity index (χ0n) is 13.8. The number of nitrogens with zero attached hydrogens (tertiary/aromatic N) is 4. The first-order chi connectivity index (χ1) is 12.1. The van der Waals surface area contributed by atoms with Crippen molar-refractivity contribution >= 4 is 0 Å². The first kappa shape index (κ1) is 18.1. The monoisotopic (exact) mass is 370 g/mol. The summed E-state index contributed by atoms with van der Waals surface area (Å²) in [5.41, 5.74) is -2.66. The van der Waals surface area contributed by atoms with Gasteiger partial charge in [0, 0.05) is 25.0 Å². The molecule has 0 radical (unpaired) electrons. The van der Waals surface area contributed by atoms with Crippen molar-refractivity contribution < 1.29 is 27.2 Å². The van der Waals surface area contributed by atoms with Gasteiger partial charge in [-0.05, 0) is 18.6 Å². The minimum Gasteiger partial charge on any atom is -0.374 e. The van der Waals surface area contributed by atoms with Crippen LogP contribution in [0.2, 0.25) is 0 Å². The molecule has 6 nitrogen and oxygen atoms in total. The van der Waals surface area contributed by atoms with Gasteiger partial charge in [0.05, 0.1) is 6.42 Å². The zero-order chi connectivity index (χ0) is 19.1. The van der Waals surface area contributed by atoms with E-state index in [2.05, 4.69) is 15.1 Å². The molecule has 0 fully saturated rings. The van der Waals surface area contributed by atoms with E-state index >= 15 is 0 Å². The van der Waals surface area contributed by atoms with Gasteiger partial charge in [-0.15, -0.1) is 0 Å². The van der Waals surface area contributed by atoms with Gasteiger partial charge in [-0.3, -0.25) is 0 Å². The predicted octanol–water partition coefficient (Wildman–Crippen LogP) is 2.91. The summed E-state index contributed by atoms with van der Waals surface area (Å²) in [6, 6.07) is 4.15. The molecule has 0 bridgehead atoms. The maximum Gasteiger partial charge on any atom is 0.425 e. The molecule has 1 aromatic carbocycles. The highest BCUT2D eigenvalue weighted by Crippen LogP contribution is 2.40. The Morgan fingerprint density at radius 2 is 2.00 bits per heavy atom. The number of benzene rings is 1. The Balaban J connectivity index is 1.95. The Bertz CT molecular complexity index is 934. The summed E-state index contributed by atoms with van der Waals surface area (Å²) in [5, 5.41) is 13.9. The van der Waals surface area contributed by atoms with Crippen molar-refractivity contribution in [3.63, 3.8) is 0 Å². The second-order valence-electron chi connectivity index (χ2n) is 5.87. The lowest BCUT2D eigenvalue weighted by atomic mass is 9.97. The Morgan fingerprint density at radius 3 is 2.58 bits per heavy atom. The van der Waals surface area contributed by atoms with Gasteiger partial charge in [0.25, 0.3) is 0 Å². The lowest BCUT2D eigenvalue weighted by molar-refractivity contribution is -0.271. The summed E-state index contributed by atoms with van der Waals surface area (Å²) in [7, 11) is 1.33. The summed E-state index contributed by atoms with van der Waals surface area (Å²) < 4.78 is 60.1. The van der Waals surface area contributed by atoms with Crippen LogP contribution in [0.5, 0.6) is 0 Å². The third-order valence-electron chi connectivity index (χ3n) is 3.97. The number of hydrogen-bond acceptors (Lipinski definition) is 5. The number of aryl methyl sites for hydroxylation is 2. The number of hydrogen-bond donors (Lipinski definition) is 1. The summed E-state index contributed by atoms with van der Waals surface area (Å²) in [6.07, 6.45) is -3.64. The summed E-state index contributed by atoms with van der Waals surface area (Å²) in [4.78, 5) is 7.44. The molecule has 1 N–H and O–H groups in total. The first-order valence-corrected chi connectivity index (χ1v) is 7.48. The second-order valence-corrected chi connectivity index (χ2v) is 5.87. The predicted molar refractivity (Wildman–Crippen MR) is 81.3 cm³/mol. The molecule has 10 heteroatoms. The molecule has 3 aromatic rings. The number of halogens is 4. The number of aromatic nitrogens is 4. The van der Waals surface area contributed by atoms with Crippen LogP contribution < -0.4 is 0 Å². The fourth-order valence-electron chi connectivity index (χ4n) is 2.46. The fourth-order valence-corrected chi connectivity index (χ4v) is 2.46. The SMILES string of the molecule is Cc1ccc(-c2noc(CC(O)(c3nccn3C)C(F)(F)F)n2)cc1F. The number of imidazole rings is 1. The normalized spacial score (nSPS) is 14.4. The molecule has 0 amide bonds. The zero-order valence-corrected chi connectivity index (χ0v) is 13.8. The molecule has 1 unspecified atom stereocenters. The van der Waals surface area contributed by atoms with Gasteiger partial charge in [-0.2, -0.15) is 18.2 Å². The molecule has 0 saturated carbocycles. The van der Waals surface area contributed by atoms with Gasteiger partial charge >= 0.3 is 6.18 Å². The van der Waals surface area contributed by atoms with Crippen LogP contribution in [0.25, 0.3) is 11.4 Å². The van der Waals surface area contributed by atoms with Crippen molar-refractivity contribution in [2.24, 2.45) is 7.05 Å². The van der Waals surface area contributed by atoms with Crippen LogP contribution in [-0.2, 0) is 19.1 Å². The van der Waals surface area contributed by atoms with Gasteiger partial charge in [0.2, 0.25) is 17.3 Å². The fraction of sp³-hybridized carbons (Fsp3) is 0.312. The highest BCUT2D eigenvalue weighted by molar-refractivity contribution is 5.54. The van der Waals surface area contributed by atoms with E-state index in [1.54, 1.807) is 6.92 Å². The molecule has 0 saturated heterocycles. The average molecular weight is 370 g/mol. The number of aliphatic hydroxyl groups is 1. The van der Waals surface area contributed by atoms with E-state index < -0.39 is 35.7 Å². The van der Waals surface area contributed by atoms with E-state index in [9.17, 15) is 22.7 Å². The van der Waals surface area contributed by atoms with Crippen LogP contribution in [0.4, 0.5) is 17.6 Å². The van der Waals surface area contributed by atoms with Crippen molar-refractivity contribution in [1.29, 1.82) is 0 Å². The highest BCUT2D eigenvalue weighted by Gasteiger charge is 2.58. The summed E-state index contributed by atoms with van der Waals surface area (Å²) >= 11 is 0. The van der Waals surface area contributed by atoms with Gasteiger partial charge in [0.15, 0.2) is 5.82 Å². The van der Waals surface area contributed by atoms with E-state index in [4.69, 9.17) is 4.52 Å². The van der Waals surface area contributed by atoms with Gasteiger partial charge < -0.3 is 14.2 Å². The topological polar surface area (TPSA) is 77.0 Å². The third-order valence-corrected chi connectivity index (χ3v) is 3.97. The molecule has 3 rings (SSSR count). The largest absolute Gasteiger partial charge is 0.425 e. The quantitative estimate of drug-likeness (QED) is 0.715. The molecule has 1 atom stereocenters. The van der Waals surface area contributed by atoms with Crippen LogP contribution >= 0.6 is 0 Å². The molecule has 138 valence electrons. The Hall–Kier alpha value is -2.75. The maximum atomic E-state index is 13.6. The van der Waals surface area contributed by atoms with Crippen LogP contribution in [0.1, 0.15) is 17.3 Å². The molecule has 0 aliphatic rings. The lowest BCUT2D eigenvalue weighted by Gasteiger charge is -2.28. The van der Waals surface area contributed by atoms with Crippen LogP contribution in [0.3, 0.4) is 0 Å². The lowest BCUT2D eigenvalue weighted by Crippen LogP contribution is -2.46. The van der Waals surface area contributed by atoms with Crippen molar-refractivity contribution in [3.05, 3.63) is 53.7 Å². The minimum absolute atomic E-state index is 0.0803. The van der Waals surface area contributed by atoms with E-state index in [-0.39, 0.29) is 11.4 Å². The summed E-state index contributed by atoms with van der Waals surface area (Å²) in [6.45, 7) is 1.57. The maximum absolute atomic E-state index is 13.6. The smallest absolute Gasteiger partial charge is 0.374 e. The summed E-state index contributed by atoms with van der Waals surface area (Å²) in [5.74, 6) is -1.65. The number of rotatable bonds is 4. The molecule has 2 aromatic heterocycles. The van der Waals surface area contributed by atoms with Crippen molar-refractivity contribution in [2.45, 2.75) is 25.1 Å². The van der Waals surface area contributed by atoms with Crippen LogP contribution in [0.15, 0.2) is 35.1 Å². The van der Waals surface area contributed by atoms with E-state index in [1.807, 2.05) is 0 Å². The van der Waals surface area contributed by atoms with E-state index in [1.165, 1.54) is 25.4 Å². The Kier molecular flexibility index (Phi) is 4.31. The van der Waals surface area contributed by atoms with Crippen molar-refractivity contribution in [1.82, 2.24) is 19.7 Å². The number of alkyl halides is 3. The molecular formula is C16H14F4N4O2. The van der Waals surface area contributed by atoms with Gasteiger partial charge in [-0.25, -0.2) is 9.37 Å². The van der Waals surface area contributed by atoms with Crippen LogP contribution in [0, 0.1) is 12.7 Å². The van der Waals surface area contributed by atoms with E-state index in [0.29, 0.717) is 5.56 Å². The molecule has 26 heavy (non-hydrogen) atoms. The molecule has 0 aliphatic heterocycles. The molecular weight excluding hydrogens is 356 g/mol.